The van der Waals surface area contributed by atoms with Crippen LogP contribution in [0, 0.1) is 0 Å². The molecule has 0 bridgehead atoms. The van der Waals surface area contributed by atoms with Gasteiger partial charge in [0.05, 0.1) is 33.0 Å². The Kier molecular flexibility index (Phi) is 14.9. The monoisotopic (exact) mass is 800 g/mol. The first-order valence-corrected chi connectivity index (χ1v) is 17.6. The molecular formula is C36H48O20. The molecule has 20 heteroatoms. The largest absolute Gasteiger partial charge is 0.504 e. The van der Waals surface area contributed by atoms with Crippen molar-refractivity contribution in [3.63, 3.8) is 0 Å². The second kappa shape index (κ2) is 19.2. The summed E-state index contributed by atoms with van der Waals surface area (Å²) in [6, 6.07) is 8.31. The predicted molar refractivity (Wildman–Crippen MR) is 185 cm³/mol. The molecule has 3 saturated heterocycles. The zero-order chi connectivity index (χ0) is 40.8. The lowest BCUT2D eigenvalue weighted by Crippen LogP contribution is -2.65. The minimum atomic E-state index is -1.87. The Balaban J connectivity index is 1.44. The van der Waals surface area contributed by atoms with E-state index in [-0.39, 0.29) is 30.1 Å². The number of aromatic hydroxyl groups is 3. The Morgan fingerprint density at radius 2 is 1.38 bits per heavy atom. The van der Waals surface area contributed by atoms with Gasteiger partial charge in [-0.1, -0.05) is 12.1 Å². The number of aliphatic hydroxyl groups is 8. The van der Waals surface area contributed by atoms with Gasteiger partial charge in [-0.25, -0.2) is 4.79 Å². The van der Waals surface area contributed by atoms with E-state index in [2.05, 4.69) is 0 Å². The number of aliphatic hydroxyl groups excluding tert-OH is 8. The van der Waals surface area contributed by atoms with Crippen molar-refractivity contribution >= 4 is 12.0 Å². The molecule has 0 unspecified atom stereocenters. The van der Waals surface area contributed by atoms with Crippen LogP contribution in [-0.4, -0.2) is 181 Å². The number of methoxy groups -OCH3 is 1. The molecule has 15 atom stereocenters. The zero-order valence-corrected chi connectivity index (χ0v) is 30.2. The van der Waals surface area contributed by atoms with Gasteiger partial charge in [-0.2, -0.15) is 0 Å². The maximum Gasteiger partial charge on any atom is 0.331 e. The number of ether oxygens (including phenoxy) is 8. The van der Waals surface area contributed by atoms with E-state index in [9.17, 15) is 61.0 Å². The van der Waals surface area contributed by atoms with Crippen LogP contribution in [-0.2, 0) is 44.4 Å². The smallest absolute Gasteiger partial charge is 0.331 e. The first-order chi connectivity index (χ1) is 26.6. The molecule has 0 aromatic heterocycles. The number of carbonyl (C=O) groups excluding carboxylic acids is 1. The molecule has 2 aromatic carbocycles. The van der Waals surface area contributed by atoms with Crippen molar-refractivity contribution in [3.05, 3.63) is 53.6 Å². The number of carbonyl (C=O) groups is 1. The highest BCUT2D eigenvalue weighted by Crippen LogP contribution is 2.33. The van der Waals surface area contributed by atoms with E-state index >= 15 is 0 Å². The van der Waals surface area contributed by atoms with Gasteiger partial charge in [-0.15, -0.1) is 0 Å². The SMILES string of the molecule is COc1cc(CCO[C@H]2O[C@H](CO[C@H]3O[C@@H](CO)[C@H](O)[C@@H](O)[C@@H]3O)[C@H](OC(=O)C=Cc3ccc(O)c(O)c3)[C@@H](O[C@H]3O[C@H](C)[C@@H](O)[C@@H](O)[C@@H]3O)[C@@H]2O)ccc1O. The standard InChI is InChI=1S/C36H48O20/c1-15-25(42)27(44)30(47)36(52-15)56-33-31(48)35(50-10-9-17-4-7-19(39)21(12-17)49-2)54-23(14-51-34-29(46)28(45)26(43)22(13-37)53-34)32(33)55-24(41)8-5-16-3-6-18(38)20(40)11-16/h3-8,11-12,15,22-23,25-40,42-48H,9-10,13-14H2,1-2H3/t15-,22+,23-,25-,26+,27-,28-,29+,30+,31+,32+,33+,34+,35+,36-/m1/s1. The van der Waals surface area contributed by atoms with Crippen molar-refractivity contribution in [2.75, 3.05) is 26.9 Å². The third-order valence-corrected chi connectivity index (χ3v) is 9.57. The average Bonchev–Trinajstić information content (AvgIpc) is 3.18. The molecule has 3 fully saturated rings. The second-order valence-corrected chi connectivity index (χ2v) is 13.5. The maximum absolute atomic E-state index is 13.3. The fourth-order valence-corrected chi connectivity index (χ4v) is 6.29. The predicted octanol–water partition coefficient (Wildman–Crippen LogP) is -2.89. The fourth-order valence-electron chi connectivity index (χ4n) is 6.29. The summed E-state index contributed by atoms with van der Waals surface area (Å²) in [6.07, 6.45) is -22.3. The van der Waals surface area contributed by atoms with E-state index < -0.39 is 123 Å². The van der Waals surface area contributed by atoms with Crippen molar-refractivity contribution in [2.24, 2.45) is 0 Å². The third-order valence-electron chi connectivity index (χ3n) is 9.57. The lowest BCUT2D eigenvalue weighted by Gasteiger charge is -2.47. The Labute approximate surface area is 319 Å². The van der Waals surface area contributed by atoms with Crippen LogP contribution in [0.4, 0.5) is 0 Å². The minimum Gasteiger partial charge on any atom is -0.504 e. The van der Waals surface area contributed by atoms with Gasteiger partial charge >= 0.3 is 5.97 Å². The number of rotatable bonds is 14. The molecule has 3 heterocycles. The quantitative estimate of drug-likeness (QED) is 0.0519. The summed E-state index contributed by atoms with van der Waals surface area (Å²) in [5.74, 6) is -1.84. The zero-order valence-electron chi connectivity index (χ0n) is 30.2. The van der Waals surface area contributed by atoms with Gasteiger partial charge in [0.1, 0.15) is 61.0 Å². The summed E-state index contributed by atoms with van der Waals surface area (Å²) in [5.41, 5.74) is 0.925. The molecule has 0 saturated carbocycles. The Hall–Kier alpha value is -3.71. The molecule has 11 N–H and O–H groups in total. The maximum atomic E-state index is 13.3. The lowest BCUT2D eigenvalue weighted by molar-refractivity contribution is -0.364. The second-order valence-electron chi connectivity index (χ2n) is 13.5. The van der Waals surface area contributed by atoms with Crippen LogP contribution in [0.3, 0.4) is 0 Å². The molecule has 56 heavy (non-hydrogen) atoms. The Bertz CT molecular complexity index is 1620. The van der Waals surface area contributed by atoms with E-state index in [1.165, 1.54) is 38.3 Å². The van der Waals surface area contributed by atoms with Crippen LogP contribution in [0.5, 0.6) is 23.0 Å². The van der Waals surface area contributed by atoms with Crippen LogP contribution in [0.1, 0.15) is 18.1 Å². The molecule has 0 aliphatic carbocycles. The number of phenolic OH excluding ortho intramolecular Hbond substituents is 3. The van der Waals surface area contributed by atoms with E-state index in [0.29, 0.717) is 5.56 Å². The summed E-state index contributed by atoms with van der Waals surface area (Å²) in [4.78, 5) is 13.3. The van der Waals surface area contributed by atoms with Gasteiger partial charge in [0.2, 0.25) is 0 Å². The molecule has 0 spiro atoms. The van der Waals surface area contributed by atoms with Gasteiger partial charge in [-0.3, -0.25) is 0 Å². The number of hydrogen-bond acceptors (Lipinski definition) is 20. The van der Waals surface area contributed by atoms with Crippen molar-refractivity contribution in [2.45, 2.75) is 105 Å². The van der Waals surface area contributed by atoms with Crippen molar-refractivity contribution in [1.82, 2.24) is 0 Å². The van der Waals surface area contributed by atoms with Gasteiger partial charge in [0, 0.05) is 6.08 Å². The molecule has 5 rings (SSSR count). The van der Waals surface area contributed by atoms with Crippen molar-refractivity contribution in [1.29, 1.82) is 0 Å². The molecule has 0 amide bonds. The fraction of sp³-hybridized carbons (Fsp3) is 0.583. The van der Waals surface area contributed by atoms with Gasteiger partial charge in [0.25, 0.3) is 0 Å². The van der Waals surface area contributed by atoms with Crippen molar-refractivity contribution < 1.29 is 98.9 Å². The van der Waals surface area contributed by atoms with Crippen LogP contribution < -0.4 is 4.74 Å². The highest BCUT2D eigenvalue weighted by Gasteiger charge is 2.53. The molecule has 3 aliphatic heterocycles. The molecule has 2 aromatic rings. The molecule has 0 radical (unpaired) electrons. The van der Waals surface area contributed by atoms with Crippen LogP contribution in [0.15, 0.2) is 42.5 Å². The van der Waals surface area contributed by atoms with Gasteiger partial charge < -0.3 is 94.1 Å². The minimum absolute atomic E-state index is 0.0961. The van der Waals surface area contributed by atoms with Crippen LogP contribution in [0.25, 0.3) is 6.08 Å². The molecule has 3 aliphatic rings. The molecule has 312 valence electrons. The summed E-state index contributed by atoms with van der Waals surface area (Å²) in [6.45, 7) is -0.158. The molecular weight excluding hydrogens is 752 g/mol. The number of esters is 1. The van der Waals surface area contributed by atoms with E-state index in [1.54, 1.807) is 12.1 Å². The normalized spacial score (nSPS) is 36.4. The van der Waals surface area contributed by atoms with Gasteiger partial charge in [0.15, 0.2) is 48.0 Å². The van der Waals surface area contributed by atoms with E-state index in [4.69, 9.17) is 37.9 Å². The summed E-state index contributed by atoms with van der Waals surface area (Å²) >= 11 is 0. The summed E-state index contributed by atoms with van der Waals surface area (Å²) in [7, 11) is 1.37. The number of benzene rings is 2. The van der Waals surface area contributed by atoms with Gasteiger partial charge in [-0.05, 0) is 54.8 Å². The summed E-state index contributed by atoms with van der Waals surface area (Å²) in [5, 5.41) is 113. The van der Waals surface area contributed by atoms with Crippen LogP contribution in [0.2, 0.25) is 0 Å². The number of phenols is 3. The number of hydrogen-bond donors (Lipinski definition) is 11. The third kappa shape index (κ3) is 10.0. The highest BCUT2D eigenvalue weighted by molar-refractivity contribution is 5.87. The van der Waals surface area contributed by atoms with E-state index in [1.807, 2.05) is 0 Å². The van der Waals surface area contributed by atoms with Crippen molar-refractivity contribution in [3.8, 4) is 23.0 Å². The average molecular weight is 801 g/mol. The topological polar surface area (TPSA) is 313 Å². The van der Waals surface area contributed by atoms with Crippen LogP contribution >= 0.6 is 0 Å². The molecule has 20 nitrogen and oxygen atoms in total. The Morgan fingerprint density at radius 1 is 0.714 bits per heavy atom. The first kappa shape index (κ1) is 43.4. The lowest BCUT2D eigenvalue weighted by atomic mass is 9.96. The highest BCUT2D eigenvalue weighted by atomic mass is 16.8. The van der Waals surface area contributed by atoms with E-state index in [0.717, 1.165) is 12.1 Å². The Morgan fingerprint density at radius 3 is 2.07 bits per heavy atom. The summed E-state index contributed by atoms with van der Waals surface area (Å²) < 4.78 is 45.6. The first-order valence-electron chi connectivity index (χ1n) is 17.6.